The monoisotopic (exact) mass is 373 g/mol. The molecule has 4 aromatic rings. The van der Waals surface area contributed by atoms with Crippen molar-refractivity contribution in [3.63, 3.8) is 0 Å². The summed E-state index contributed by atoms with van der Waals surface area (Å²) in [6.07, 6.45) is 5.53. The molecule has 0 saturated carbocycles. The van der Waals surface area contributed by atoms with Crippen LogP contribution >= 0.6 is 0 Å². The number of rotatable bonds is 5. The molecule has 0 bridgehead atoms. The van der Waals surface area contributed by atoms with Crippen LogP contribution in [-0.2, 0) is 0 Å². The van der Waals surface area contributed by atoms with Crippen molar-refractivity contribution in [3.8, 4) is 17.0 Å². The third kappa shape index (κ3) is 3.93. The van der Waals surface area contributed by atoms with Gasteiger partial charge in [-0.2, -0.15) is 0 Å². The Morgan fingerprint density at radius 1 is 1.04 bits per heavy atom. The van der Waals surface area contributed by atoms with E-state index in [0.29, 0.717) is 23.8 Å². The van der Waals surface area contributed by atoms with Gasteiger partial charge in [0.1, 0.15) is 5.75 Å². The Kier molecular flexibility index (Phi) is 4.88. The van der Waals surface area contributed by atoms with Crippen molar-refractivity contribution >= 4 is 23.2 Å². The summed E-state index contributed by atoms with van der Waals surface area (Å²) in [5.41, 5.74) is 3.15. The lowest BCUT2D eigenvalue weighted by molar-refractivity contribution is 0.262. The molecule has 2 aromatic carbocycles. The summed E-state index contributed by atoms with van der Waals surface area (Å²) in [7, 11) is 0. The number of carbonyl (C=O) groups excluding carboxylic acids is 1. The first-order valence-electron chi connectivity index (χ1n) is 8.92. The number of urea groups is 1. The normalized spacial score (nSPS) is 10.6. The Morgan fingerprint density at radius 3 is 2.36 bits per heavy atom. The number of hydrogen-bond donors (Lipinski definition) is 2. The first kappa shape index (κ1) is 17.5. The van der Waals surface area contributed by atoms with Gasteiger partial charge in [0.05, 0.1) is 12.3 Å². The number of aromatic nitrogens is 3. The predicted octanol–water partition coefficient (Wildman–Crippen LogP) is 4.44. The van der Waals surface area contributed by atoms with Crippen LogP contribution in [-0.4, -0.2) is 27.0 Å². The molecule has 2 N–H and O–H groups in total. The molecule has 2 aromatic heterocycles. The maximum absolute atomic E-state index is 12.2. The third-order valence-corrected chi connectivity index (χ3v) is 4.10. The van der Waals surface area contributed by atoms with Gasteiger partial charge in [0.2, 0.25) is 5.78 Å². The number of nitrogens with zero attached hydrogens (tertiary/aromatic N) is 3. The zero-order valence-corrected chi connectivity index (χ0v) is 15.3. The van der Waals surface area contributed by atoms with Crippen LogP contribution in [0.25, 0.3) is 17.0 Å². The van der Waals surface area contributed by atoms with Gasteiger partial charge in [-0.1, -0.05) is 12.1 Å². The van der Waals surface area contributed by atoms with E-state index in [1.165, 1.54) is 0 Å². The Bertz CT molecular complexity index is 1050. The molecule has 0 aliphatic heterocycles. The van der Waals surface area contributed by atoms with E-state index in [9.17, 15) is 4.79 Å². The van der Waals surface area contributed by atoms with Crippen molar-refractivity contribution in [1.82, 2.24) is 14.4 Å². The quantitative estimate of drug-likeness (QED) is 0.542. The molecule has 140 valence electrons. The highest BCUT2D eigenvalue weighted by Gasteiger charge is 2.07. The van der Waals surface area contributed by atoms with Crippen molar-refractivity contribution < 1.29 is 9.53 Å². The highest BCUT2D eigenvalue weighted by molar-refractivity contribution is 5.99. The van der Waals surface area contributed by atoms with E-state index in [1.54, 1.807) is 18.3 Å². The van der Waals surface area contributed by atoms with Crippen molar-refractivity contribution in [3.05, 3.63) is 73.2 Å². The summed E-state index contributed by atoms with van der Waals surface area (Å²) < 4.78 is 7.26. The molecule has 0 radical (unpaired) electrons. The second kappa shape index (κ2) is 7.79. The third-order valence-electron chi connectivity index (χ3n) is 4.10. The lowest BCUT2D eigenvalue weighted by atomic mass is 10.1. The highest BCUT2D eigenvalue weighted by atomic mass is 16.5. The summed E-state index contributed by atoms with van der Waals surface area (Å²) in [6.45, 7) is 2.53. The largest absolute Gasteiger partial charge is 0.494 e. The zero-order chi connectivity index (χ0) is 19.3. The molecule has 4 rings (SSSR count). The molecule has 2 heterocycles. The fourth-order valence-electron chi connectivity index (χ4n) is 2.79. The summed E-state index contributed by atoms with van der Waals surface area (Å²) in [6, 6.07) is 16.3. The Hall–Kier alpha value is -3.87. The van der Waals surface area contributed by atoms with E-state index >= 15 is 0 Å². The minimum absolute atomic E-state index is 0.311. The molecule has 7 nitrogen and oxygen atoms in total. The number of hydrogen-bond acceptors (Lipinski definition) is 4. The maximum atomic E-state index is 12.2. The van der Waals surface area contributed by atoms with Crippen LogP contribution in [0.15, 0.2) is 73.2 Å². The number of benzene rings is 2. The average Bonchev–Trinajstić information content (AvgIpc) is 3.14. The number of anilines is 2. The molecule has 0 saturated heterocycles. The minimum Gasteiger partial charge on any atom is -0.494 e. The minimum atomic E-state index is -0.311. The van der Waals surface area contributed by atoms with Gasteiger partial charge < -0.3 is 15.4 Å². The molecule has 0 aliphatic carbocycles. The summed E-state index contributed by atoms with van der Waals surface area (Å²) >= 11 is 0. The van der Waals surface area contributed by atoms with E-state index < -0.39 is 0 Å². The standard InChI is InChI=1S/C21H19N5O2/c1-2-28-18-10-8-17(9-11-18)24-21(27)23-16-6-4-15(5-7-16)19-14-26-13-3-12-22-20(26)25-19/h3-14H,2H2,1H3,(H2,23,24,27). The molecule has 2 amide bonds. The number of nitrogens with one attached hydrogen (secondary N) is 2. The molecular formula is C21H19N5O2. The Labute approximate surface area is 162 Å². The Balaban J connectivity index is 1.40. The van der Waals surface area contributed by atoms with Gasteiger partial charge >= 0.3 is 6.03 Å². The molecule has 7 heteroatoms. The van der Waals surface area contributed by atoms with Crippen LogP contribution in [0.5, 0.6) is 5.75 Å². The smallest absolute Gasteiger partial charge is 0.323 e. The van der Waals surface area contributed by atoms with Gasteiger partial charge in [0, 0.05) is 35.5 Å². The van der Waals surface area contributed by atoms with Gasteiger partial charge in [-0.15, -0.1) is 0 Å². The summed E-state index contributed by atoms with van der Waals surface area (Å²) in [5, 5.41) is 5.61. The van der Waals surface area contributed by atoms with Crippen molar-refractivity contribution in [2.24, 2.45) is 0 Å². The second-order valence-corrected chi connectivity index (χ2v) is 6.07. The lowest BCUT2D eigenvalue weighted by Gasteiger charge is -2.09. The van der Waals surface area contributed by atoms with E-state index in [2.05, 4.69) is 20.6 Å². The summed E-state index contributed by atoms with van der Waals surface area (Å²) in [5.74, 6) is 1.42. The molecule has 0 unspecified atom stereocenters. The number of fused-ring (bicyclic) bond motifs is 1. The Morgan fingerprint density at radius 2 is 1.71 bits per heavy atom. The van der Waals surface area contributed by atoms with Crippen LogP contribution in [0.2, 0.25) is 0 Å². The van der Waals surface area contributed by atoms with Gasteiger partial charge in [-0.3, -0.25) is 4.40 Å². The predicted molar refractivity (Wildman–Crippen MR) is 109 cm³/mol. The molecule has 0 fully saturated rings. The summed E-state index contributed by atoms with van der Waals surface area (Å²) in [4.78, 5) is 20.9. The van der Waals surface area contributed by atoms with Crippen LogP contribution < -0.4 is 15.4 Å². The zero-order valence-electron chi connectivity index (χ0n) is 15.3. The maximum Gasteiger partial charge on any atom is 0.323 e. The SMILES string of the molecule is CCOc1ccc(NC(=O)Nc2ccc(-c3cn4cccnc4n3)cc2)cc1. The van der Waals surface area contributed by atoms with Crippen molar-refractivity contribution in [2.75, 3.05) is 17.2 Å². The molecule has 0 spiro atoms. The molecule has 28 heavy (non-hydrogen) atoms. The molecular weight excluding hydrogens is 354 g/mol. The number of amides is 2. The van der Waals surface area contributed by atoms with Crippen LogP contribution in [0.3, 0.4) is 0 Å². The fraction of sp³-hybridized carbons (Fsp3) is 0.0952. The molecule has 0 aliphatic rings. The van der Waals surface area contributed by atoms with E-state index in [-0.39, 0.29) is 6.03 Å². The number of carbonyl (C=O) groups is 1. The molecule has 0 atom stereocenters. The highest BCUT2D eigenvalue weighted by Crippen LogP contribution is 2.21. The topological polar surface area (TPSA) is 80.5 Å². The van der Waals surface area contributed by atoms with Crippen molar-refractivity contribution in [2.45, 2.75) is 6.92 Å². The first-order chi connectivity index (χ1) is 13.7. The van der Waals surface area contributed by atoms with Crippen LogP contribution in [0.4, 0.5) is 16.2 Å². The van der Waals surface area contributed by atoms with E-state index in [0.717, 1.165) is 17.0 Å². The second-order valence-electron chi connectivity index (χ2n) is 6.07. The van der Waals surface area contributed by atoms with Gasteiger partial charge in [0.25, 0.3) is 0 Å². The number of ether oxygens (including phenoxy) is 1. The average molecular weight is 373 g/mol. The van der Waals surface area contributed by atoms with E-state index in [1.807, 2.05) is 66.2 Å². The number of imidazole rings is 1. The van der Waals surface area contributed by atoms with Crippen molar-refractivity contribution in [1.29, 1.82) is 0 Å². The van der Waals surface area contributed by atoms with E-state index in [4.69, 9.17) is 4.74 Å². The van der Waals surface area contributed by atoms with Crippen LogP contribution in [0, 0.1) is 0 Å². The lowest BCUT2D eigenvalue weighted by Crippen LogP contribution is -2.19. The van der Waals surface area contributed by atoms with Gasteiger partial charge in [0.15, 0.2) is 0 Å². The van der Waals surface area contributed by atoms with Gasteiger partial charge in [-0.05, 0) is 49.4 Å². The first-order valence-corrected chi connectivity index (χ1v) is 8.92. The fourth-order valence-corrected chi connectivity index (χ4v) is 2.79. The van der Waals surface area contributed by atoms with Crippen LogP contribution in [0.1, 0.15) is 6.92 Å². The van der Waals surface area contributed by atoms with Gasteiger partial charge in [-0.25, -0.2) is 14.8 Å².